The van der Waals surface area contributed by atoms with Crippen LogP contribution in [-0.2, 0) is 30.7 Å². The van der Waals surface area contributed by atoms with Gasteiger partial charge in [-0.3, -0.25) is 9.36 Å². The zero-order chi connectivity index (χ0) is 20.4. The Hall–Kier alpha value is -3.22. The summed E-state index contributed by atoms with van der Waals surface area (Å²) in [6, 6.07) is 11.9. The van der Waals surface area contributed by atoms with E-state index < -0.39 is 0 Å². The van der Waals surface area contributed by atoms with Gasteiger partial charge in [0.25, 0.3) is 0 Å². The van der Waals surface area contributed by atoms with Crippen molar-refractivity contribution in [2.75, 3.05) is 6.54 Å². The molecule has 0 bridgehead atoms. The highest BCUT2D eigenvalue weighted by molar-refractivity contribution is 5.76. The van der Waals surface area contributed by atoms with E-state index in [1.54, 1.807) is 16.4 Å². The molecule has 1 aromatic carbocycles. The fourth-order valence-electron chi connectivity index (χ4n) is 3.72. The monoisotopic (exact) mass is 392 g/mol. The molecule has 4 rings (SSSR count). The third-order valence-corrected chi connectivity index (χ3v) is 5.22. The van der Waals surface area contributed by atoms with Gasteiger partial charge in [-0.25, -0.2) is 9.78 Å². The Balaban J connectivity index is 1.39. The average molecular weight is 392 g/mol. The van der Waals surface area contributed by atoms with Gasteiger partial charge in [0.2, 0.25) is 5.91 Å². The molecule has 0 unspecified atom stereocenters. The minimum atomic E-state index is -0.307. The van der Waals surface area contributed by atoms with E-state index in [1.165, 1.54) is 0 Å². The number of fused-ring (bicyclic) bond motifs is 1. The summed E-state index contributed by atoms with van der Waals surface area (Å²) in [7, 11) is 0. The summed E-state index contributed by atoms with van der Waals surface area (Å²) in [6.07, 6.45) is 1.56. The van der Waals surface area contributed by atoms with E-state index in [4.69, 9.17) is 4.42 Å². The lowest BCUT2D eigenvalue weighted by atomic mass is 10.1. The van der Waals surface area contributed by atoms with Crippen LogP contribution in [0.3, 0.4) is 0 Å². The maximum atomic E-state index is 12.7. The predicted octanol–water partition coefficient (Wildman–Crippen LogP) is 2.41. The SMILES string of the molecule is Cc1cc(C)n(CCC(=O)N2CCc3oc(Cc4ccccc4)nc3C2)c(=O)n1. The Morgan fingerprint density at radius 3 is 2.72 bits per heavy atom. The maximum absolute atomic E-state index is 12.7. The number of rotatable bonds is 5. The standard InChI is InChI=1S/C22H24N4O3/c1-15-12-16(2)26(22(28)23-15)11-9-21(27)25-10-8-19-18(14-25)24-20(29-19)13-17-6-4-3-5-7-17/h3-7,12H,8-11,13-14H2,1-2H3. The Morgan fingerprint density at radius 1 is 1.17 bits per heavy atom. The van der Waals surface area contributed by atoms with Crippen molar-refractivity contribution in [2.24, 2.45) is 0 Å². The molecule has 7 heteroatoms. The number of oxazole rings is 1. The number of aryl methyl sites for hydroxylation is 2. The zero-order valence-corrected chi connectivity index (χ0v) is 16.7. The molecule has 1 amide bonds. The number of aromatic nitrogens is 3. The van der Waals surface area contributed by atoms with Gasteiger partial charge in [0.05, 0.1) is 6.54 Å². The third kappa shape index (κ3) is 4.29. The zero-order valence-electron chi connectivity index (χ0n) is 16.7. The van der Waals surface area contributed by atoms with E-state index in [9.17, 15) is 9.59 Å². The van der Waals surface area contributed by atoms with Gasteiger partial charge >= 0.3 is 5.69 Å². The van der Waals surface area contributed by atoms with Gasteiger partial charge in [-0.1, -0.05) is 30.3 Å². The van der Waals surface area contributed by atoms with E-state index >= 15 is 0 Å². The molecule has 7 nitrogen and oxygen atoms in total. The van der Waals surface area contributed by atoms with Gasteiger partial charge in [-0.05, 0) is 25.5 Å². The lowest BCUT2D eigenvalue weighted by molar-refractivity contribution is -0.132. The van der Waals surface area contributed by atoms with Crippen LogP contribution in [0.1, 0.15) is 40.7 Å². The first-order chi connectivity index (χ1) is 14.0. The van der Waals surface area contributed by atoms with Crippen LogP contribution in [0.5, 0.6) is 0 Å². The third-order valence-electron chi connectivity index (χ3n) is 5.22. The molecule has 150 valence electrons. The number of carbonyl (C=O) groups excluding carboxylic acids is 1. The van der Waals surface area contributed by atoms with Gasteiger partial charge in [0, 0.05) is 43.7 Å². The average Bonchev–Trinajstić information content (AvgIpc) is 3.09. The van der Waals surface area contributed by atoms with Gasteiger partial charge in [-0.15, -0.1) is 0 Å². The Labute approximate surface area is 169 Å². The van der Waals surface area contributed by atoms with E-state index in [0.717, 1.165) is 22.7 Å². The van der Waals surface area contributed by atoms with E-state index in [2.05, 4.69) is 9.97 Å². The summed E-state index contributed by atoms with van der Waals surface area (Å²) in [4.78, 5) is 35.1. The van der Waals surface area contributed by atoms with Crippen LogP contribution in [0.15, 0.2) is 45.6 Å². The molecule has 1 aliphatic rings. The molecular formula is C22H24N4O3. The summed E-state index contributed by atoms with van der Waals surface area (Å²) in [5.74, 6) is 1.56. The van der Waals surface area contributed by atoms with Crippen molar-refractivity contribution in [1.82, 2.24) is 19.4 Å². The fraction of sp³-hybridized carbons (Fsp3) is 0.364. The molecule has 0 atom stereocenters. The topological polar surface area (TPSA) is 81.2 Å². The lowest BCUT2D eigenvalue weighted by Crippen LogP contribution is -2.37. The van der Waals surface area contributed by atoms with Gasteiger partial charge in [0.15, 0.2) is 5.89 Å². The molecule has 3 heterocycles. The number of hydrogen-bond acceptors (Lipinski definition) is 5. The van der Waals surface area contributed by atoms with Crippen LogP contribution < -0.4 is 5.69 Å². The molecule has 0 aliphatic carbocycles. The molecule has 0 N–H and O–H groups in total. The normalized spacial score (nSPS) is 13.4. The molecule has 0 spiro atoms. The molecule has 3 aromatic rings. The van der Waals surface area contributed by atoms with Crippen molar-refractivity contribution >= 4 is 5.91 Å². The number of carbonyl (C=O) groups is 1. The molecule has 2 aromatic heterocycles. The van der Waals surface area contributed by atoms with Crippen molar-refractivity contribution in [3.8, 4) is 0 Å². The molecule has 1 aliphatic heterocycles. The van der Waals surface area contributed by atoms with E-state index in [1.807, 2.05) is 43.3 Å². The van der Waals surface area contributed by atoms with Crippen molar-refractivity contribution in [3.63, 3.8) is 0 Å². The highest BCUT2D eigenvalue weighted by Crippen LogP contribution is 2.22. The second-order valence-corrected chi connectivity index (χ2v) is 7.43. The first-order valence-corrected chi connectivity index (χ1v) is 9.84. The van der Waals surface area contributed by atoms with Gasteiger partial charge in [-0.2, -0.15) is 4.98 Å². The van der Waals surface area contributed by atoms with Crippen LogP contribution in [0.4, 0.5) is 0 Å². The Morgan fingerprint density at radius 2 is 1.97 bits per heavy atom. The summed E-state index contributed by atoms with van der Waals surface area (Å²) in [6.45, 7) is 5.03. The second kappa shape index (κ2) is 8.03. The number of hydrogen-bond donors (Lipinski definition) is 0. The molecule has 0 saturated carbocycles. The van der Waals surface area contributed by atoms with Crippen molar-refractivity contribution in [1.29, 1.82) is 0 Å². The number of amides is 1. The smallest absolute Gasteiger partial charge is 0.347 e. The lowest BCUT2D eigenvalue weighted by Gasteiger charge is -2.25. The van der Waals surface area contributed by atoms with Crippen molar-refractivity contribution in [3.05, 3.63) is 81.2 Å². The molecule has 0 fully saturated rings. The van der Waals surface area contributed by atoms with Crippen molar-refractivity contribution in [2.45, 2.75) is 46.2 Å². The highest BCUT2D eigenvalue weighted by Gasteiger charge is 2.25. The van der Waals surface area contributed by atoms with Crippen LogP contribution in [0.2, 0.25) is 0 Å². The largest absolute Gasteiger partial charge is 0.445 e. The van der Waals surface area contributed by atoms with Crippen LogP contribution in [0, 0.1) is 13.8 Å². The molecule has 0 saturated heterocycles. The summed E-state index contributed by atoms with van der Waals surface area (Å²) < 4.78 is 7.46. The molecule has 0 radical (unpaired) electrons. The van der Waals surface area contributed by atoms with Crippen LogP contribution >= 0.6 is 0 Å². The quantitative estimate of drug-likeness (QED) is 0.666. The Kier molecular flexibility index (Phi) is 5.29. The second-order valence-electron chi connectivity index (χ2n) is 7.43. The van der Waals surface area contributed by atoms with Crippen molar-refractivity contribution < 1.29 is 9.21 Å². The first-order valence-electron chi connectivity index (χ1n) is 9.84. The maximum Gasteiger partial charge on any atom is 0.347 e. The van der Waals surface area contributed by atoms with E-state index in [-0.39, 0.29) is 18.0 Å². The molecule has 29 heavy (non-hydrogen) atoms. The summed E-state index contributed by atoms with van der Waals surface area (Å²) >= 11 is 0. The van der Waals surface area contributed by atoms with Gasteiger partial charge < -0.3 is 9.32 Å². The summed E-state index contributed by atoms with van der Waals surface area (Å²) in [5.41, 5.74) is 3.18. The highest BCUT2D eigenvalue weighted by atomic mass is 16.4. The Bertz CT molecular complexity index is 1090. The first kappa shape index (κ1) is 19.1. The minimum absolute atomic E-state index is 0.00938. The predicted molar refractivity (Wildman–Crippen MR) is 107 cm³/mol. The molecular weight excluding hydrogens is 368 g/mol. The number of benzene rings is 1. The van der Waals surface area contributed by atoms with Gasteiger partial charge in [0.1, 0.15) is 11.5 Å². The fourth-order valence-corrected chi connectivity index (χ4v) is 3.72. The minimum Gasteiger partial charge on any atom is -0.445 e. The van der Waals surface area contributed by atoms with Crippen LogP contribution in [0.25, 0.3) is 0 Å². The van der Waals surface area contributed by atoms with E-state index in [0.29, 0.717) is 44.1 Å². The van der Waals surface area contributed by atoms with Crippen LogP contribution in [-0.4, -0.2) is 31.9 Å². The summed E-state index contributed by atoms with van der Waals surface area (Å²) in [5, 5.41) is 0. The number of nitrogens with zero attached hydrogens (tertiary/aromatic N) is 4.